The van der Waals surface area contributed by atoms with E-state index in [0.717, 1.165) is 24.2 Å². The fraction of sp³-hybridized carbons (Fsp3) is 0.200. The van der Waals surface area contributed by atoms with Gasteiger partial charge in [0.25, 0.3) is 0 Å². The fourth-order valence-corrected chi connectivity index (χ4v) is 1.24. The van der Waals surface area contributed by atoms with E-state index >= 15 is 0 Å². The van der Waals surface area contributed by atoms with Crippen LogP contribution in [0.25, 0.3) is 0 Å². The number of allylic oxidation sites excluding steroid dienone is 1. The summed E-state index contributed by atoms with van der Waals surface area (Å²) < 4.78 is 0. The Hall–Kier alpha value is -1.44. The van der Waals surface area contributed by atoms with Gasteiger partial charge in [-0.05, 0) is 6.07 Å². The molecule has 0 aliphatic carbocycles. The van der Waals surface area contributed by atoms with Crippen molar-refractivity contribution in [3.8, 4) is 0 Å². The Kier molecular flexibility index (Phi) is 1.99. The molecule has 0 atom stereocenters. The zero-order chi connectivity index (χ0) is 8.23. The third-order valence-electron chi connectivity index (χ3n) is 1.86. The van der Waals surface area contributed by atoms with Crippen LogP contribution in [0.5, 0.6) is 0 Å². The molecule has 1 aliphatic heterocycles. The minimum Gasteiger partial charge on any atom is -0.285 e. The van der Waals surface area contributed by atoms with Crippen molar-refractivity contribution in [2.24, 2.45) is 4.99 Å². The molecule has 0 unspecified atom stereocenters. The quantitative estimate of drug-likeness (QED) is 0.572. The Balaban J connectivity index is 2.26. The second-order valence-corrected chi connectivity index (χ2v) is 2.70. The minimum absolute atomic E-state index is 0.810. The molecule has 2 heterocycles. The number of hydrogen-bond donors (Lipinski definition) is 0. The lowest BCUT2D eigenvalue weighted by atomic mass is 10.1. The van der Waals surface area contributed by atoms with E-state index in [1.807, 2.05) is 18.3 Å². The molecule has 0 N–H and O–H groups in total. The SMILES string of the molecule is C1=CCC(c2cccnc2)=NC1. The van der Waals surface area contributed by atoms with Crippen molar-refractivity contribution in [2.75, 3.05) is 6.54 Å². The molecule has 0 aromatic carbocycles. The summed E-state index contributed by atoms with van der Waals surface area (Å²) in [6.07, 6.45) is 8.81. The van der Waals surface area contributed by atoms with E-state index in [0.29, 0.717) is 0 Å². The van der Waals surface area contributed by atoms with Crippen LogP contribution in [-0.2, 0) is 0 Å². The van der Waals surface area contributed by atoms with Gasteiger partial charge in [0.2, 0.25) is 0 Å². The van der Waals surface area contributed by atoms with Crippen molar-refractivity contribution in [1.29, 1.82) is 0 Å². The van der Waals surface area contributed by atoms with Crippen LogP contribution in [-0.4, -0.2) is 17.2 Å². The van der Waals surface area contributed by atoms with Crippen LogP contribution in [0.1, 0.15) is 12.0 Å². The molecule has 60 valence electrons. The second kappa shape index (κ2) is 3.30. The highest BCUT2D eigenvalue weighted by atomic mass is 14.7. The monoisotopic (exact) mass is 158 g/mol. The molecule has 1 aromatic heterocycles. The molecule has 0 amide bonds. The molecule has 0 saturated heterocycles. The number of aromatic nitrogens is 1. The van der Waals surface area contributed by atoms with Crippen molar-refractivity contribution in [2.45, 2.75) is 6.42 Å². The highest BCUT2D eigenvalue weighted by molar-refractivity contribution is 6.01. The van der Waals surface area contributed by atoms with E-state index in [1.165, 1.54) is 0 Å². The number of dihydropyridines is 1. The summed E-state index contributed by atoms with van der Waals surface area (Å²) in [5, 5.41) is 0. The highest BCUT2D eigenvalue weighted by Gasteiger charge is 2.02. The normalized spacial score (nSPS) is 15.8. The van der Waals surface area contributed by atoms with Gasteiger partial charge in [0.05, 0.1) is 6.54 Å². The number of hydrogen-bond acceptors (Lipinski definition) is 2. The summed E-state index contributed by atoms with van der Waals surface area (Å²) in [4.78, 5) is 8.44. The molecule has 0 bridgehead atoms. The summed E-state index contributed by atoms with van der Waals surface area (Å²) in [7, 11) is 0. The van der Waals surface area contributed by atoms with E-state index in [9.17, 15) is 0 Å². The minimum atomic E-state index is 0.810. The predicted octanol–water partition coefficient (Wildman–Crippen LogP) is 1.83. The Morgan fingerprint density at radius 2 is 2.25 bits per heavy atom. The zero-order valence-electron chi connectivity index (χ0n) is 6.77. The molecule has 1 aromatic rings. The highest BCUT2D eigenvalue weighted by Crippen LogP contribution is 2.06. The van der Waals surface area contributed by atoms with Crippen molar-refractivity contribution < 1.29 is 0 Å². The van der Waals surface area contributed by atoms with Gasteiger partial charge in [-0.25, -0.2) is 0 Å². The molecular weight excluding hydrogens is 148 g/mol. The van der Waals surface area contributed by atoms with Gasteiger partial charge in [-0.1, -0.05) is 18.2 Å². The predicted molar refractivity (Wildman–Crippen MR) is 49.4 cm³/mol. The Morgan fingerprint density at radius 1 is 1.25 bits per heavy atom. The van der Waals surface area contributed by atoms with Gasteiger partial charge in [-0.3, -0.25) is 9.98 Å². The summed E-state index contributed by atoms with van der Waals surface area (Å²) in [5.74, 6) is 0. The van der Waals surface area contributed by atoms with E-state index in [2.05, 4.69) is 22.1 Å². The number of pyridine rings is 1. The van der Waals surface area contributed by atoms with Crippen molar-refractivity contribution in [1.82, 2.24) is 4.98 Å². The third-order valence-corrected chi connectivity index (χ3v) is 1.86. The molecule has 2 nitrogen and oxygen atoms in total. The molecule has 2 heteroatoms. The van der Waals surface area contributed by atoms with Gasteiger partial charge in [-0.2, -0.15) is 0 Å². The van der Waals surface area contributed by atoms with Gasteiger partial charge in [0.15, 0.2) is 0 Å². The maximum Gasteiger partial charge on any atom is 0.0574 e. The van der Waals surface area contributed by atoms with Crippen LogP contribution < -0.4 is 0 Å². The smallest absolute Gasteiger partial charge is 0.0574 e. The van der Waals surface area contributed by atoms with E-state index in [-0.39, 0.29) is 0 Å². The van der Waals surface area contributed by atoms with Gasteiger partial charge in [0, 0.05) is 30.1 Å². The third kappa shape index (κ3) is 1.42. The Bertz CT molecular complexity index is 312. The number of nitrogens with zero attached hydrogens (tertiary/aromatic N) is 2. The fourth-order valence-electron chi connectivity index (χ4n) is 1.24. The van der Waals surface area contributed by atoms with Gasteiger partial charge < -0.3 is 0 Å². The molecular formula is C10H10N2. The largest absolute Gasteiger partial charge is 0.285 e. The lowest BCUT2D eigenvalue weighted by Crippen LogP contribution is -2.03. The van der Waals surface area contributed by atoms with Gasteiger partial charge in [-0.15, -0.1) is 0 Å². The molecule has 12 heavy (non-hydrogen) atoms. The van der Waals surface area contributed by atoms with Gasteiger partial charge >= 0.3 is 0 Å². The van der Waals surface area contributed by atoms with E-state index < -0.39 is 0 Å². The first-order chi connectivity index (χ1) is 5.97. The number of rotatable bonds is 1. The van der Waals surface area contributed by atoms with E-state index in [4.69, 9.17) is 0 Å². The van der Waals surface area contributed by atoms with Crippen molar-refractivity contribution >= 4 is 5.71 Å². The van der Waals surface area contributed by atoms with Crippen molar-refractivity contribution in [3.05, 3.63) is 42.2 Å². The molecule has 0 spiro atoms. The van der Waals surface area contributed by atoms with Crippen LogP contribution in [0, 0.1) is 0 Å². The molecule has 2 rings (SSSR count). The van der Waals surface area contributed by atoms with Crippen LogP contribution >= 0.6 is 0 Å². The molecule has 0 fully saturated rings. The standard InChI is InChI=1S/C10H10N2/c1-2-7-12-10(5-1)9-4-3-6-11-8-9/h1-4,6,8H,5,7H2. The maximum absolute atomic E-state index is 4.39. The molecule has 0 saturated carbocycles. The first-order valence-electron chi connectivity index (χ1n) is 4.05. The summed E-state index contributed by atoms with van der Waals surface area (Å²) in [6.45, 7) is 0.810. The van der Waals surface area contributed by atoms with Crippen molar-refractivity contribution in [3.63, 3.8) is 0 Å². The lowest BCUT2D eigenvalue weighted by molar-refractivity contribution is 1.16. The lowest BCUT2D eigenvalue weighted by Gasteiger charge is -2.05. The van der Waals surface area contributed by atoms with Crippen LogP contribution in [0.3, 0.4) is 0 Å². The number of aliphatic imine (C=N–C) groups is 1. The van der Waals surface area contributed by atoms with Crippen LogP contribution in [0.4, 0.5) is 0 Å². The Labute approximate surface area is 71.7 Å². The summed E-state index contributed by atoms with van der Waals surface area (Å²) in [5.41, 5.74) is 2.28. The second-order valence-electron chi connectivity index (χ2n) is 2.70. The average Bonchev–Trinajstić information content (AvgIpc) is 2.21. The average molecular weight is 158 g/mol. The van der Waals surface area contributed by atoms with E-state index in [1.54, 1.807) is 6.20 Å². The van der Waals surface area contributed by atoms with Crippen LogP contribution in [0.15, 0.2) is 41.7 Å². The van der Waals surface area contributed by atoms with Crippen LogP contribution in [0.2, 0.25) is 0 Å². The topological polar surface area (TPSA) is 25.2 Å². The first-order valence-corrected chi connectivity index (χ1v) is 4.05. The summed E-state index contributed by atoms with van der Waals surface area (Å²) in [6, 6.07) is 3.99. The maximum atomic E-state index is 4.39. The first kappa shape index (κ1) is 7.22. The summed E-state index contributed by atoms with van der Waals surface area (Å²) >= 11 is 0. The molecule has 1 aliphatic rings. The van der Waals surface area contributed by atoms with Gasteiger partial charge in [0.1, 0.15) is 0 Å². The zero-order valence-corrected chi connectivity index (χ0v) is 6.77. The molecule has 0 radical (unpaired) electrons. The Morgan fingerprint density at radius 3 is 2.92 bits per heavy atom.